The number of nitrogens with zero attached hydrogens (tertiary/aromatic N) is 4. The van der Waals surface area contributed by atoms with Crippen LogP contribution in [0.1, 0.15) is 17.4 Å². The monoisotopic (exact) mass is 461 g/mol. The van der Waals surface area contributed by atoms with Gasteiger partial charge in [-0.15, -0.1) is 33.7 Å². The van der Waals surface area contributed by atoms with E-state index >= 15 is 0 Å². The molecule has 31 heavy (non-hydrogen) atoms. The van der Waals surface area contributed by atoms with Crippen molar-refractivity contribution in [1.29, 1.82) is 0 Å². The molecule has 1 aromatic heterocycles. The van der Waals surface area contributed by atoms with Crippen LogP contribution in [-0.4, -0.2) is 71.3 Å². The van der Waals surface area contributed by atoms with Gasteiger partial charge < -0.3 is 16.2 Å². The van der Waals surface area contributed by atoms with Gasteiger partial charge in [0.15, 0.2) is 5.82 Å². The van der Waals surface area contributed by atoms with Crippen LogP contribution in [0, 0.1) is 0 Å². The first kappa shape index (κ1) is 21.3. The average Bonchev–Trinajstić information content (AvgIpc) is 3.30. The number of aromatic amines is 1. The Bertz CT molecular complexity index is 1020. The maximum absolute atomic E-state index is 12.7. The Morgan fingerprint density at radius 2 is 2.13 bits per heavy atom. The number of nitrogens with one attached hydrogen (secondary N) is 2. The zero-order chi connectivity index (χ0) is 22.0. The van der Waals surface area contributed by atoms with E-state index in [9.17, 15) is 19.5 Å². The zero-order valence-electron chi connectivity index (χ0n) is 16.1. The van der Waals surface area contributed by atoms with Crippen molar-refractivity contribution in [2.75, 3.05) is 11.5 Å². The van der Waals surface area contributed by atoms with Crippen molar-refractivity contribution in [2.45, 2.75) is 23.2 Å². The van der Waals surface area contributed by atoms with Crippen molar-refractivity contribution in [3.63, 3.8) is 0 Å². The average molecular weight is 462 g/mol. The van der Waals surface area contributed by atoms with Crippen LogP contribution in [0.4, 0.5) is 0 Å². The summed E-state index contributed by atoms with van der Waals surface area (Å²) in [4.78, 5) is 38.4. The lowest BCUT2D eigenvalue weighted by molar-refractivity contribution is -0.150. The van der Waals surface area contributed by atoms with E-state index in [2.05, 4.69) is 25.9 Å². The fourth-order valence-electron chi connectivity index (χ4n) is 3.36. The lowest BCUT2D eigenvalue weighted by Crippen LogP contribution is -2.71. The molecule has 0 bridgehead atoms. The van der Waals surface area contributed by atoms with Gasteiger partial charge in [0.05, 0.1) is 5.75 Å². The molecule has 3 atom stereocenters. The number of rotatable bonds is 8. The summed E-state index contributed by atoms with van der Waals surface area (Å²) in [6.07, 6.45) is 0. The van der Waals surface area contributed by atoms with Gasteiger partial charge >= 0.3 is 5.97 Å². The summed E-state index contributed by atoms with van der Waals surface area (Å²) in [5.74, 6) is -0.274. The molecule has 0 unspecified atom stereocenters. The van der Waals surface area contributed by atoms with Gasteiger partial charge in [-0.3, -0.25) is 14.5 Å². The Hall–Kier alpha value is -2.90. The lowest BCUT2D eigenvalue weighted by Gasteiger charge is -2.49. The topological polar surface area (TPSA) is 167 Å². The van der Waals surface area contributed by atoms with Gasteiger partial charge in [-0.2, -0.15) is 5.21 Å². The smallest absolute Gasteiger partial charge is 0.352 e. The highest BCUT2D eigenvalue weighted by Crippen LogP contribution is 2.41. The molecule has 5 N–H and O–H groups in total. The molecule has 0 spiro atoms. The third kappa shape index (κ3) is 4.29. The number of benzene rings is 1. The summed E-state index contributed by atoms with van der Waals surface area (Å²) in [6, 6.07) is 7.11. The van der Waals surface area contributed by atoms with Crippen LogP contribution in [0.3, 0.4) is 0 Å². The van der Waals surface area contributed by atoms with Crippen molar-refractivity contribution in [2.24, 2.45) is 5.73 Å². The number of hydrogen-bond acceptors (Lipinski definition) is 9. The number of hydrogen-bond donors (Lipinski definition) is 4. The minimum absolute atomic E-state index is 0.0211. The largest absolute Gasteiger partial charge is 0.477 e. The van der Waals surface area contributed by atoms with Gasteiger partial charge in [0, 0.05) is 11.5 Å². The Morgan fingerprint density at radius 1 is 1.35 bits per heavy atom. The first-order valence-corrected chi connectivity index (χ1v) is 11.5. The molecule has 1 fully saturated rings. The van der Waals surface area contributed by atoms with E-state index in [4.69, 9.17) is 5.73 Å². The molecule has 0 saturated carbocycles. The first-order valence-electron chi connectivity index (χ1n) is 9.28. The summed E-state index contributed by atoms with van der Waals surface area (Å²) in [5.41, 5.74) is 7.26. The van der Waals surface area contributed by atoms with E-state index < -0.39 is 35.2 Å². The van der Waals surface area contributed by atoms with Crippen LogP contribution in [0.2, 0.25) is 0 Å². The van der Waals surface area contributed by atoms with Crippen LogP contribution >= 0.6 is 23.5 Å². The molecule has 2 aliphatic rings. The molecule has 0 radical (unpaired) electrons. The molecule has 1 aromatic carbocycles. The van der Waals surface area contributed by atoms with Crippen LogP contribution in [0.5, 0.6) is 0 Å². The van der Waals surface area contributed by atoms with Crippen LogP contribution in [0.15, 0.2) is 41.6 Å². The van der Waals surface area contributed by atoms with Gasteiger partial charge in [-0.05, 0) is 11.1 Å². The summed E-state index contributed by atoms with van der Waals surface area (Å²) >= 11 is 2.85. The SMILES string of the molecule is N[C@@H](C(=O)N[C@@H]1C(=O)N2C(C(=O)O)=C(CSCc3nn[nH]n3)CS[C@H]12)c1ccccc1. The predicted octanol–water partition coefficient (Wildman–Crippen LogP) is -0.128. The van der Waals surface area contributed by atoms with Gasteiger partial charge in [0.25, 0.3) is 5.91 Å². The number of aliphatic carboxylic acids is 1. The van der Waals surface area contributed by atoms with Crippen molar-refractivity contribution in [3.05, 3.63) is 53.0 Å². The summed E-state index contributed by atoms with van der Waals surface area (Å²) in [7, 11) is 0. The predicted molar refractivity (Wildman–Crippen MR) is 113 cm³/mol. The molecule has 2 amide bonds. The number of carboxylic acid groups (broad SMARTS) is 1. The molecule has 0 aliphatic carbocycles. The number of thioether (sulfide) groups is 2. The number of tetrazole rings is 1. The van der Waals surface area contributed by atoms with Gasteiger partial charge in [0.2, 0.25) is 5.91 Å². The fraction of sp³-hybridized carbons (Fsp3) is 0.333. The number of amides is 2. The number of carboxylic acids is 1. The molecule has 2 aliphatic heterocycles. The van der Waals surface area contributed by atoms with Crippen molar-refractivity contribution < 1.29 is 19.5 Å². The molecule has 4 rings (SSSR count). The van der Waals surface area contributed by atoms with E-state index in [1.54, 1.807) is 24.3 Å². The Labute approximate surface area is 185 Å². The van der Waals surface area contributed by atoms with Crippen LogP contribution in [-0.2, 0) is 20.1 Å². The van der Waals surface area contributed by atoms with Crippen LogP contribution in [0.25, 0.3) is 0 Å². The highest BCUT2D eigenvalue weighted by Gasteiger charge is 2.54. The summed E-state index contributed by atoms with van der Waals surface area (Å²) < 4.78 is 0. The Morgan fingerprint density at radius 3 is 2.81 bits per heavy atom. The number of nitrogens with two attached hydrogens (primary N) is 1. The Kier molecular flexibility index (Phi) is 6.25. The number of H-pyrrole nitrogens is 1. The number of carbonyl (C=O) groups excluding carboxylic acids is 2. The molecular formula is C18H19N7O4S2. The van der Waals surface area contributed by atoms with E-state index in [0.717, 1.165) is 0 Å². The first-order chi connectivity index (χ1) is 15.0. The van der Waals surface area contributed by atoms with Crippen molar-refractivity contribution in [3.8, 4) is 0 Å². The van der Waals surface area contributed by atoms with Gasteiger partial charge in [-0.25, -0.2) is 4.79 Å². The normalized spacial score (nSPS) is 21.3. The third-order valence-electron chi connectivity index (χ3n) is 4.89. The maximum atomic E-state index is 12.7. The van der Waals surface area contributed by atoms with E-state index in [1.165, 1.54) is 28.4 Å². The van der Waals surface area contributed by atoms with E-state index in [1.807, 2.05) is 6.07 Å². The van der Waals surface area contributed by atoms with E-state index in [-0.39, 0.29) is 5.70 Å². The van der Waals surface area contributed by atoms with Crippen molar-refractivity contribution in [1.82, 2.24) is 30.8 Å². The minimum atomic E-state index is -1.17. The quantitative estimate of drug-likeness (QED) is 0.389. The fourth-order valence-corrected chi connectivity index (χ4v) is 5.73. The molecule has 11 nitrogen and oxygen atoms in total. The maximum Gasteiger partial charge on any atom is 0.352 e. The number of aromatic nitrogens is 4. The number of fused-ring (bicyclic) bond motifs is 1. The molecule has 162 valence electrons. The second-order valence-electron chi connectivity index (χ2n) is 6.86. The summed E-state index contributed by atoms with van der Waals surface area (Å²) in [6.45, 7) is 0. The lowest BCUT2D eigenvalue weighted by atomic mass is 10.0. The van der Waals surface area contributed by atoms with Crippen molar-refractivity contribution >= 4 is 41.3 Å². The van der Waals surface area contributed by atoms with Crippen LogP contribution < -0.4 is 11.1 Å². The summed E-state index contributed by atoms with van der Waals surface area (Å²) in [5, 5.41) is 25.5. The standard InChI is InChI=1S/C18H19N7O4S2/c19-12(9-4-2-1-3-5-9)15(26)20-13-16(27)25-14(18(28)29)10(7-31-17(13)25)6-30-8-11-21-23-24-22-11/h1-5,12-13,17H,6-8,19H2,(H,20,26)(H,28,29)(H,21,22,23,24)/t12-,13-,17-/m1/s1. The minimum Gasteiger partial charge on any atom is -0.477 e. The molecule has 2 aromatic rings. The van der Waals surface area contributed by atoms with E-state index in [0.29, 0.717) is 34.2 Å². The number of β-lactam (4-membered cyclic amide) rings is 1. The second kappa shape index (κ2) is 9.08. The molecule has 1 saturated heterocycles. The highest BCUT2D eigenvalue weighted by atomic mass is 32.2. The Balaban J connectivity index is 1.42. The molecule has 3 heterocycles. The van der Waals surface area contributed by atoms with Gasteiger partial charge in [0.1, 0.15) is 23.2 Å². The number of carbonyl (C=O) groups is 3. The molecule has 13 heteroatoms. The van der Waals surface area contributed by atoms with Gasteiger partial charge in [-0.1, -0.05) is 35.5 Å². The highest BCUT2D eigenvalue weighted by molar-refractivity contribution is 8.00. The zero-order valence-corrected chi connectivity index (χ0v) is 17.7. The molecular weight excluding hydrogens is 442 g/mol. The third-order valence-corrected chi connectivity index (χ3v) is 7.24. The second-order valence-corrected chi connectivity index (χ2v) is 8.95.